The molecule has 1 aromatic rings. The highest BCUT2D eigenvalue weighted by Gasteiger charge is 2.39. The van der Waals surface area contributed by atoms with E-state index in [0.717, 1.165) is 28.6 Å². The van der Waals surface area contributed by atoms with Crippen LogP contribution in [0.15, 0.2) is 22.7 Å². The van der Waals surface area contributed by atoms with Gasteiger partial charge in [-0.15, -0.1) is 0 Å². The lowest BCUT2D eigenvalue weighted by atomic mass is 10.0. The summed E-state index contributed by atoms with van der Waals surface area (Å²) < 4.78 is 0.981. The summed E-state index contributed by atoms with van der Waals surface area (Å²) in [6.45, 7) is 5.84. The number of piperazine rings is 1. The number of hydrogen-bond acceptors (Lipinski definition) is 2. The molecule has 1 aliphatic heterocycles. The fourth-order valence-electron chi connectivity index (χ4n) is 2.71. The van der Waals surface area contributed by atoms with Crippen molar-refractivity contribution in [3.63, 3.8) is 0 Å². The first kappa shape index (κ1) is 16.0. The Hall–Kier alpha value is -1.36. The van der Waals surface area contributed by atoms with Gasteiger partial charge in [-0.1, -0.05) is 36.2 Å². The molecule has 1 aromatic carbocycles. The molecule has 0 aromatic heterocycles. The fraction of sp³-hybridized carbons (Fsp3) is 0.500. The van der Waals surface area contributed by atoms with Crippen LogP contribution < -0.4 is 10.2 Å². The molecular formula is C16H21BrN2O2. The van der Waals surface area contributed by atoms with Crippen molar-refractivity contribution in [3.05, 3.63) is 28.2 Å². The maximum atomic E-state index is 12.7. The minimum absolute atomic E-state index is 0.0130. The van der Waals surface area contributed by atoms with Crippen LogP contribution in [-0.4, -0.2) is 23.9 Å². The van der Waals surface area contributed by atoms with Crippen LogP contribution in [0.4, 0.5) is 5.69 Å². The van der Waals surface area contributed by atoms with Gasteiger partial charge in [0.1, 0.15) is 12.1 Å². The molecule has 2 atom stereocenters. The van der Waals surface area contributed by atoms with Crippen molar-refractivity contribution in [2.45, 2.75) is 52.1 Å². The van der Waals surface area contributed by atoms with Gasteiger partial charge in [-0.25, -0.2) is 0 Å². The first-order valence-electron chi connectivity index (χ1n) is 7.41. The van der Waals surface area contributed by atoms with Gasteiger partial charge in [0.05, 0.1) is 0 Å². The van der Waals surface area contributed by atoms with E-state index in [1.54, 1.807) is 11.8 Å². The summed E-state index contributed by atoms with van der Waals surface area (Å²) in [6, 6.07) is 4.95. The second-order valence-electron chi connectivity index (χ2n) is 5.36. The van der Waals surface area contributed by atoms with Gasteiger partial charge < -0.3 is 5.32 Å². The summed E-state index contributed by atoms with van der Waals surface area (Å²) in [5, 5.41) is 2.83. The van der Waals surface area contributed by atoms with Gasteiger partial charge in [-0.05, 0) is 43.5 Å². The standard InChI is InChI=1S/C16H21BrN2O2/c1-4-6-13-16(21)19(10(3)15(20)18-13)14-8-7-12(17)9-11(14)5-2/h7-10,13H,4-6H2,1-3H3,(H,18,20). The molecule has 0 spiro atoms. The SMILES string of the molecule is CCCC1NC(=O)C(C)N(c2ccc(Br)cc2CC)C1=O. The molecule has 4 nitrogen and oxygen atoms in total. The number of carbonyl (C=O) groups is 2. The molecule has 1 saturated heterocycles. The van der Waals surface area contributed by atoms with E-state index in [1.807, 2.05) is 32.0 Å². The normalized spacial score (nSPS) is 22.4. The fourth-order valence-corrected chi connectivity index (χ4v) is 3.12. The summed E-state index contributed by atoms with van der Waals surface area (Å²) in [5.74, 6) is -0.0982. The van der Waals surface area contributed by atoms with Crippen LogP contribution in [0.1, 0.15) is 39.2 Å². The van der Waals surface area contributed by atoms with E-state index in [9.17, 15) is 9.59 Å². The third-order valence-electron chi connectivity index (χ3n) is 3.88. The summed E-state index contributed by atoms with van der Waals surface area (Å²) in [4.78, 5) is 26.5. The lowest BCUT2D eigenvalue weighted by Crippen LogP contribution is -2.62. The molecule has 1 fully saturated rings. The summed E-state index contributed by atoms with van der Waals surface area (Å²) in [6.07, 6.45) is 2.34. The first-order chi connectivity index (χ1) is 9.99. The number of hydrogen-bond donors (Lipinski definition) is 1. The molecule has 0 radical (unpaired) electrons. The molecule has 2 rings (SSSR count). The highest BCUT2D eigenvalue weighted by atomic mass is 79.9. The van der Waals surface area contributed by atoms with Gasteiger partial charge in [0.15, 0.2) is 0 Å². The van der Waals surface area contributed by atoms with Gasteiger partial charge in [0.2, 0.25) is 11.8 Å². The molecule has 1 aliphatic rings. The van der Waals surface area contributed by atoms with Crippen LogP contribution in [-0.2, 0) is 16.0 Å². The molecule has 1 heterocycles. The highest BCUT2D eigenvalue weighted by molar-refractivity contribution is 9.10. The van der Waals surface area contributed by atoms with E-state index in [4.69, 9.17) is 0 Å². The number of halogens is 1. The minimum Gasteiger partial charge on any atom is -0.342 e. The average molecular weight is 353 g/mol. The Balaban J connectivity index is 2.43. The Morgan fingerprint density at radius 3 is 2.62 bits per heavy atom. The van der Waals surface area contributed by atoms with Crippen LogP contribution in [0.25, 0.3) is 0 Å². The predicted molar refractivity (Wildman–Crippen MR) is 87.3 cm³/mol. The molecule has 0 saturated carbocycles. The van der Waals surface area contributed by atoms with Crippen molar-refractivity contribution in [1.82, 2.24) is 5.32 Å². The Morgan fingerprint density at radius 2 is 2.00 bits per heavy atom. The zero-order chi connectivity index (χ0) is 15.6. The molecule has 2 amide bonds. The average Bonchev–Trinajstić information content (AvgIpc) is 2.46. The number of rotatable bonds is 4. The van der Waals surface area contributed by atoms with Crippen molar-refractivity contribution in [1.29, 1.82) is 0 Å². The topological polar surface area (TPSA) is 49.4 Å². The Morgan fingerprint density at radius 1 is 1.29 bits per heavy atom. The zero-order valence-electron chi connectivity index (χ0n) is 12.6. The molecule has 5 heteroatoms. The van der Waals surface area contributed by atoms with E-state index in [1.165, 1.54) is 0 Å². The Bertz CT molecular complexity index is 559. The lowest BCUT2D eigenvalue weighted by molar-refractivity contribution is -0.133. The summed E-state index contributed by atoms with van der Waals surface area (Å²) in [5.41, 5.74) is 1.91. The maximum Gasteiger partial charge on any atom is 0.250 e. The van der Waals surface area contributed by atoms with Crippen LogP contribution in [0.2, 0.25) is 0 Å². The highest BCUT2D eigenvalue weighted by Crippen LogP contribution is 2.29. The number of nitrogens with one attached hydrogen (secondary N) is 1. The molecule has 0 bridgehead atoms. The van der Waals surface area contributed by atoms with Gasteiger partial charge in [0.25, 0.3) is 0 Å². The van der Waals surface area contributed by atoms with E-state index in [2.05, 4.69) is 21.2 Å². The van der Waals surface area contributed by atoms with Crippen molar-refractivity contribution in [2.24, 2.45) is 0 Å². The van der Waals surface area contributed by atoms with Crippen LogP contribution >= 0.6 is 15.9 Å². The third kappa shape index (κ3) is 3.12. The second kappa shape index (κ2) is 6.60. The smallest absolute Gasteiger partial charge is 0.250 e. The minimum atomic E-state index is -0.475. The lowest BCUT2D eigenvalue weighted by Gasteiger charge is -2.38. The molecule has 114 valence electrons. The van der Waals surface area contributed by atoms with Crippen molar-refractivity contribution in [3.8, 4) is 0 Å². The number of benzene rings is 1. The first-order valence-corrected chi connectivity index (χ1v) is 8.20. The van der Waals surface area contributed by atoms with Crippen molar-refractivity contribution in [2.75, 3.05) is 4.90 Å². The van der Waals surface area contributed by atoms with E-state index in [0.29, 0.717) is 6.42 Å². The largest absolute Gasteiger partial charge is 0.342 e. The second-order valence-corrected chi connectivity index (χ2v) is 6.28. The van der Waals surface area contributed by atoms with Gasteiger partial charge in [0, 0.05) is 10.2 Å². The monoisotopic (exact) mass is 352 g/mol. The Labute approximate surface area is 134 Å². The van der Waals surface area contributed by atoms with E-state index < -0.39 is 12.1 Å². The Kier molecular flexibility index (Phi) is 5.04. The van der Waals surface area contributed by atoms with Crippen LogP contribution in [0.3, 0.4) is 0 Å². The maximum absolute atomic E-state index is 12.7. The zero-order valence-corrected chi connectivity index (χ0v) is 14.2. The van der Waals surface area contributed by atoms with Gasteiger partial charge >= 0.3 is 0 Å². The quantitative estimate of drug-likeness (QED) is 0.905. The van der Waals surface area contributed by atoms with E-state index in [-0.39, 0.29) is 11.8 Å². The van der Waals surface area contributed by atoms with Crippen molar-refractivity contribution < 1.29 is 9.59 Å². The number of aryl methyl sites for hydroxylation is 1. The number of anilines is 1. The van der Waals surface area contributed by atoms with Crippen LogP contribution in [0.5, 0.6) is 0 Å². The van der Waals surface area contributed by atoms with Gasteiger partial charge in [-0.2, -0.15) is 0 Å². The van der Waals surface area contributed by atoms with E-state index >= 15 is 0 Å². The number of amides is 2. The third-order valence-corrected chi connectivity index (χ3v) is 4.37. The molecular weight excluding hydrogens is 332 g/mol. The summed E-state index contributed by atoms with van der Waals surface area (Å²) >= 11 is 3.46. The predicted octanol–water partition coefficient (Wildman–Crippen LogP) is 3.03. The van der Waals surface area contributed by atoms with Crippen LogP contribution in [0, 0.1) is 0 Å². The molecule has 2 unspecified atom stereocenters. The van der Waals surface area contributed by atoms with Gasteiger partial charge in [-0.3, -0.25) is 14.5 Å². The summed E-state index contributed by atoms with van der Waals surface area (Å²) in [7, 11) is 0. The number of carbonyl (C=O) groups excluding carboxylic acids is 2. The molecule has 21 heavy (non-hydrogen) atoms. The molecule has 1 N–H and O–H groups in total. The number of nitrogens with zero attached hydrogens (tertiary/aromatic N) is 1. The van der Waals surface area contributed by atoms with Crippen molar-refractivity contribution >= 4 is 33.4 Å². The molecule has 0 aliphatic carbocycles.